The molecule has 0 atom stereocenters. The molecule has 126 valence electrons. The summed E-state index contributed by atoms with van der Waals surface area (Å²) < 4.78 is 21.0. The highest BCUT2D eigenvalue weighted by Crippen LogP contribution is 2.32. The number of H-pyrrole nitrogens is 1. The lowest BCUT2D eigenvalue weighted by molar-refractivity contribution is 0.0600. The van der Waals surface area contributed by atoms with Crippen LogP contribution in [0.1, 0.15) is 16.1 Å². The van der Waals surface area contributed by atoms with Crippen molar-refractivity contribution in [3.8, 4) is 11.3 Å². The van der Waals surface area contributed by atoms with Crippen molar-refractivity contribution < 1.29 is 13.9 Å². The minimum absolute atomic E-state index is 0.328. The van der Waals surface area contributed by atoms with Crippen molar-refractivity contribution in [1.82, 2.24) is 25.0 Å². The smallest absolute Gasteiger partial charge is 0.339 e. The maximum atomic E-state index is 14.7. The lowest BCUT2D eigenvalue weighted by Gasteiger charge is -2.05. The second-order valence-corrected chi connectivity index (χ2v) is 5.76. The number of methoxy groups -OCH3 is 1. The predicted octanol–water partition coefficient (Wildman–Crippen LogP) is 2.75. The highest BCUT2D eigenvalue weighted by Gasteiger charge is 2.18. The summed E-state index contributed by atoms with van der Waals surface area (Å²) in [6, 6.07) is 4.78. The zero-order valence-corrected chi connectivity index (χ0v) is 13.8. The standard InChI is InChI=1S/C17H14FN5O2/c1-8-16(23(2)22-21-8)10-6-13-11(5-12(10)18)15-14(20-13)4-9(7-19-15)17(24)25-3/h4-7,20H,1-3H3. The molecule has 7 nitrogen and oxygen atoms in total. The first-order chi connectivity index (χ1) is 12.0. The average molecular weight is 339 g/mol. The zero-order chi connectivity index (χ0) is 17.7. The number of rotatable bonds is 2. The Kier molecular flexibility index (Phi) is 3.28. The minimum Gasteiger partial charge on any atom is -0.465 e. The summed E-state index contributed by atoms with van der Waals surface area (Å²) in [5, 5.41) is 8.53. The lowest BCUT2D eigenvalue weighted by atomic mass is 10.1. The first kappa shape index (κ1) is 15.3. The van der Waals surface area contributed by atoms with E-state index in [0.29, 0.717) is 44.5 Å². The molecule has 4 rings (SSSR count). The Morgan fingerprint density at radius 3 is 2.76 bits per heavy atom. The monoisotopic (exact) mass is 339 g/mol. The summed E-state index contributed by atoms with van der Waals surface area (Å²) in [6.45, 7) is 1.78. The van der Waals surface area contributed by atoms with Gasteiger partial charge in [0.25, 0.3) is 0 Å². The predicted molar refractivity (Wildman–Crippen MR) is 89.6 cm³/mol. The number of halogens is 1. The summed E-state index contributed by atoms with van der Waals surface area (Å²) >= 11 is 0. The quantitative estimate of drug-likeness (QED) is 0.568. The van der Waals surface area contributed by atoms with Gasteiger partial charge in [-0.2, -0.15) is 0 Å². The molecule has 0 spiro atoms. The van der Waals surface area contributed by atoms with E-state index in [4.69, 9.17) is 4.74 Å². The van der Waals surface area contributed by atoms with Crippen LogP contribution in [-0.2, 0) is 11.8 Å². The van der Waals surface area contributed by atoms with E-state index < -0.39 is 5.97 Å². The highest BCUT2D eigenvalue weighted by molar-refractivity contribution is 6.07. The molecule has 1 aromatic carbocycles. The fourth-order valence-corrected chi connectivity index (χ4v) is 3.03. The van der Waals surface area contributed by atoms with E-state index in [1.165, 1.54) is 24.1 Å². The number of benzene rings is 1. The largest absolute Gasteiger partial charge is 0.465 e. The summed E-state index contributed by atoms with van der Waals surface area (Å²) in [5.41, 5.74) is 3.92. The van der Waals surface area contributed by atoms with Crippen molar-refractivity contribution in [1.29, 1.82) is 0 Å². The van der Waals surface area contributed by atoms with E-state index in [9.17, 15) is 9.18 Å². The van der Waals surface area contributed by atoms with E-state index in [-0.39, 0.29) is 5.82 Å². The molecule has 1 N–H and O–H groups in total. The van der Waals surface area contributed by atoms with Gasteiger partial charge in [-0.25, -0.2) is 13.9 Å². The second kappa shape index (κ2) is 5.37. The van der Waals surface area contributed by atoms with Crippen molar-refractivity contribution in [2.24, 2.45) is 7.05 Å². The van der Waals surface area contributed by atoms with Gasteiger partial charge in [0.05, 0.1) is 35.1 Å². The van der Waals surface area contributed by atoms with Gasteiger partial charge in [-0.1, -0.05) is 5.21 Å². The van der Waals surface area contributed by atoms with Gasteiger partial charge in [0.2, 0.25) is 0 Å². The molecule has 0 aliphatic rings. The number of aromatic nitrogens is 5. The Labute approximate surface area is 141 Å². The molecule has 0 fully saturated rings. The maximum absolute atomic E-state index is 14.7. The number of hydrogen-bond donors (Lipinski definition) is 1. The first-order valence-electron chi connectivity index (χ1n) is 7.55. The molecular formula is C17H14FN5O2. The normalized spacial score (nSPS) is 11.4. The Bertz CT molecular complexity index is 1130. The Balaban J connectivity index is 1.97. The van der Waals surface area contributed by atoms with Gasteiger partial charge in [-0.15, -0.1) is 5.10 Å². The van der Waals surface area contributed by atoms with Gasteiger partial charge in [-0.3, -0.25) is 4.98 Å². The number of aromatic amines is 1. The number of aryl methyl sites for hydroxylation is 2. The molecule has 4 aromatic rings. The van der Waals surface area contributed by atoms with Crippen LogP contribution in [0.5, 0.6) is 0 Å². The molecule has 0 saturated carbocycles. The summed E-state index contributed by atoms with van der Waals surface area (Å²) in [4.78, 5) is 19.1. The Morgan fingerprint density at radius 2 is 2.08 bits per heavy atom. The van der Waals surface area contributed by atoms with E-state index in [1.54, 1.807) is 26.1 Å². The van der Waals surface area contributed by atoms with Gasteiger partial charge in [0.15, 0.2) is 0 Å². The van der Waals surface area contributed by atoms with Crippen LogP contribution >= 0.6 is 0 Å². The molecule has 0 aliphatic carbocycles. The van der Waals surface area contributed by atoms with E-state index in [2.05, 4.69) is 20.3 Å². The average Bonchev–Trinajstić information content (AvgIpc) is 3.12. The van der Waals surface area contributed by atoms with Crippen LogP contribution in [0.15, 0.2) is 24.4 Å². The molecular weight excluding hydrogens is 325 g/mol. The SMILES string of the molecule is COC(=O)c1cnc2c(c1)[nH]c1cc(-c3c(C)nnn3C)c(F)cc12. The lowest BCUT2D eigenvalue weighted by Crippen LogP contribution is -2.01. The number of carbonyl (C=O) groups excluding carboxylic acids is 1. The van der Waals surface area contributed by atoms with E-state index >= 15 is 0 Å². The number of nitrogens with zero attached hydrogens (tertiary/aromatic N) is 4. The maximum Gasteiger partial charge on any atom is 0.339 e. The first-order valence-corrected chi connectivity index (χ1v) is 7.55. The third kappa shape index (κ3) is 2.25. The van der Waals surface area contributed by atoms with Gasteiger partial charge in [-0.05, 0) is 25.1 Å². The van der Waals surface area contributed by atoms with Crippen molar-refractivity contribution in [3.05, 3.63) is 41.5 Å². The zero-order valence-electron chi connectivity index (χ0n) is 13.8. The van der Waals surface area contributed by atoms with Crippen LogP contribution in [0.4, 0.5) is 4.39 Å². The summed E-state index contributed by atoms with van der Waals surface area (Å²) in [5.74, 6) is -0.864. The van der Waals surface area contributed by atoms with Crippen LogP contribution in [0.25, 0.3) is 33.2 Å². The second-order valence-electron chi connectivity index (χ2n) is 5.76. The summed E-state index contributed by atoms with van der Waals surface area (Å²) in [7, 11) is 3.03. The number of pyridine rings is 1. The van der Waals surface area contributed by atoms with Crippen molar-refractivity contribution >= 4 is 27.9 Å². The van der Waals surface area contributed by atoms with Crippen LogP contribution in [0, 0.1) is 12.7 Å². The van der Waals surface area contributed by atoms with E-state index in [0.717, 1.165) is 0 Å². The molecule has 0 saturated heterocycles. The van der Waals surface area contributed by atoms with Crippen LogP contribution in [-0.4, -0.2) is 38.0 Å². The third-order valence-corrected chi connectivity index (χ3v) is 4.19. The molecule has 8 heteroatoms. The fraction of sp³-hybridized carbons (Fsp3) is 0.176. The van der Waals surface area contributed by atoms with Crippen molar-refractivity contribution in [2.75, 3.05) is 7.11 Å². The number of hydrogen-bond acceptors (Lipinski definition) is 5. The highest BCUT2D eigenvalue weighted by atomic mass is 19.1. The molecule has 0 amide bonds. The van der Waals surface area contributed by atoms with Gasteiger partial charge < -0.3 is 9.72 Å². The van der Waals surface area contributed by atoms with Gasteiger partial charge >= 0.3 is 5.97 Å². The molecule has 0 bridgehead atoms. The van der Waals surface area contributed by atoms with Gasteiger partial charge in [0, 0.05) is 29.7 Å². The van der Waals surface area contributed by atoms with Crippen molar-refractivity contribution in [3.63, 3.8) is 0 Å². The van der Waals surface area contributed by atoms with Crippen LogP contribution in [0.2, 0.25) is 0 Å². The van der Waals surface area contributed by atoms with Crippen molar-refractivity contribution in [2.45, 2.75) is 6.92 Å². The number of ether oxygens (including phenoxy) is 1. The molecule has 3 heterocycles. The number of nitrogens with one attached hydrogen (secondary N) is 1. The number of esters is 1. The molecule has 0 aliphatic heterocycles. The number of fused-ring (bicyclic) bond motifs is 3. The number of carbonyl (C=O) groups is 1. The van der Waals surface area contributed by atoms with E-state index in [1.807, 2.05) is 0 Å². The third-order valence-electron chi connectivity index (χ3n) is 4.19. The summed E-state index contributed by atoms with van der Waals surface area (Å²) in [6.07, 6.45) is 1.42. The minimum atomic E-state index is -0.475. The topological polar surface area (TPSA) is 85.7 Å². The molecule has 0 radical (unpaired) electrons. The van der Waals surface area contributed by atoms with Gasteiger partial charge in [0.1, 0.15) is 5.82 Å². The van der Waals surface area contributed by atoms with Crippen LogP contribution < -0.4 is 0 Å². The Hall–Kier alpha value is -3.29. The molecule has 0 unspecified atom stereocenters. The Morgan fingerprint density at radius 1 is 1.28 bits per heavy atom. The molecule has 25 heavy (non-hydrogen) atoms. The molecule has 3 aromatic heterocycles. The fourth-order valence-electron chi connectivity index (χ4n) is 3.03. The van der Waals surface area contributed by atoms with Crippen LogP contribution in [0.3, 0.4) is 0 Å².